The summed E-state index contributed by atoms with van der Waals surface area (Å²) < 4.78 is 33.1. The summed E-state index contributed by atoms with van der Waals surface area (Å²) in [4.78, 5) is 68.5. The fourth-order valence-electron chi connectivity index (χ4n) is 9.36. The summed E-state index contributed by atoms with van der Waals surface area (Å²) in [5, 5.41) is 14.0. The molecule has 1 saturated heterocycles. The van der Waals surface area contributed by atoms with Crippen molar-refractivity contribution in [2.24, 2.45) is 7.05 Å². The monoisotopic (exact) mass is 947 g/mol. The van der Waals surface area contributed by atoms with Crippen molar-refractivity contribution in [2.45, 2.75) is 76.1 Å². The van der Waals surface area contributed by atoms with Gasteiger partial charge in [-0.3, -0.25) is 33.6 Å². The molecule has 1 unspecified atom stereocenters. The van der Waals surface area contributed by atoms with Gasteiger partial charge >= 0.3 is 5.69 Å². The first-order valence-electron chi connectivity index (χ1n) is 23.4. The molecule has 6 aromatic rings. The summed E-state index contributed by atoms with van der Waals surface area (Å²) in [6.45, 7) is 5.22. The van der Waals surface area contributed by atoms with Crippen LogP contribution in [0.4, 0.5) is 5.69 Å². The number of carbonyl (C=O) groups is 4. The lowest BCUT2D eigenvalue weighted by Gasteiger charge is -2.29. The quantitative estimate of drug-likeness (QED) is 0.0596. The Balaban J connectivity index is 0.625. The summed E-state index contributed by atoms with van der Waals surface area (Å²) >= 11 is 1.50. The van der Waals surface area contributed by atoms with Gasteiger partial charge < -0.3 is 39.6 Å². The number of amides is 4. The van der Waals surface area contributed by atoms with E-state index in [-0.39, 0.29) is 67.7 Å². The Bertz CT molecular complexity index is 2880. The molecular formula is C50H57N7O10S. The number of aromatic nitrogens is 3. The molecule has 1 aliphatic carbocycles. The van der Waals surface area contributed by atoms with Gasteiger partial charge in [-0.05, 0) is 93.5 Å². The second kappa shape index (κ2) is 21.4. The highest BCUT2D eigenvalue weighted by atomic mass is 32.1. The van der Waals surface area contributed by atoms with Gasteiger partial charge in [-0.25, -0.2) is 9.78 Å². The van der Waals surface area contributed by atoms with E-state index in [4.69, 9.17) is 28.7 Å². The van der Waals surface area contributed by atoms with Crippen molar-refractivity contribution >= 4 is 72.7 Å². The number of anilines is 1. The molecule has 0 bridgehead atoms. The number of thiophene rings is 1. The molecule has 0 radical (unpaired) electrons. The highest BCUT2D eigenvalue weighted by Gasteiger charge is 2.32. The van der Waals surface area contributed by atoms with E-state index in [9.17, 15) is 24.0 Å². The number of nitrogens with one attached hydrogen (secondary N) is 4. The van der Waals surface area contributed by atoms with Crippen molar-refractivity contribution in [1.82, 2.24) is 30.1 Å². The van der Waals surface area contributed by atoms with E-state index in [0.29, 0.717) is 63.0 Å². The number of hydrogen-bond donors (Lipinski definition) is 4. The topological polar surface area (TPSA) is 202 Å². The Hall–Kier alpha value is -6.18. The van der Waals surface area contributed by atoms with Crippen LogP contribution in [0.25, 0.3) is 43.3 Å². The van der Waals surface area contributed by atoms with Crippen LogP contribution in [-0.2, 0) is 46.8 Å². The molecule has 9 rings (SSSR count). The second-order valence-corrected chi connectivity index (χ2v) is 18.6. The predicted octanol–water partition coefficient (Wildman–Crippen LogP) is 5.41. The maximum atomic E-state index is 13.1. The van der Waals surface area contributed by atoms with Gasteiger partial charge in [0.1, 0.15) is 23.3 Å². The molecule has 0 spiro atoms. The lowest BCUT2D eigenvalue weighted by molar-refractivity contribution is -0.135. The molecule has 3 aromatic carbocycles. The number of aryl methyl sites for hydroxylation is 1. The van der Waals surface area contributed by atoms with E-state index in [0.717, 1.165) is 80.4 Å². The van der Waals surface area contributed by atoms with Gasteiger partial charge in [0, 0.05) is 53.1 Å². The maximum absolute atomic E-state index is 13.1. The number of fused-ring (bicyclic) bond motifs is 6. The molecule has 3 aliphatic rings. The minimum absolute atomic E-state index is 0.0344. The molecule has 2 aliphatic heterocycles. The number of rotatable bonds is 19. The number of pyridine rings is 1. The molecule has 3 aromatic heterocycles. The van der Waals surface area contributed by atoms with Gasteiger partial charge in [0.05, 0.1) is 80.3 Å². The first-order valence-corrected chi connectivity index (χ1v) is 24.2. The Morgan fingerprint density at radius 3 is 2.38 bits per heavy atom. The summed E-state index contributed by atoms with van der Waals surface area (Å²) in [6, 6.07) is 21.2. The number of piperidine rings is 1. The highest BCUT2D eigenvalue weighted by molar-refractivity contribution is 7.21. The minimum Gasteiger partial charge on any atom is -0.490 e. The van der Waals surface area contributed by atoms with Gasteiger partial charge in [0.2, 0.25) is 17.7 Å². The number of ether oxygens (including phenoxy) is 5. The molecule has 68 heavy (non-hydrogen) atoms. The number of nitrogens with zero attached hydrogens (tertiary/aromatic N) is 3. The van der Waals surface area contributed by atoms with Crippen molar-refractivity contribution in [3.05, 3.63) is 87.7 Å². The molecule has 358 valence electrons. The van der Waals surface area contributed by atoms with Crippen molar-refractivity contribution in [2.75, 3.05) is 64.7 Å². The molecule has 4 amide bonds. The lowest BCUT2D eigenvalue weighted by atomic mass is 9.93. The van der Waals surface area contributed by atoms with E-state index in [1.165, 1.54) is 15.9 Å². The fraction of sp³-hybridized carbons (Fsp3) is 0.440. The SMILES string of the molecule is C[C@@H]1CNc2c(sc3ccc4nc(-c5cccc(OC6CCC(NC(=O)COCCOCCOCCOCCc7cccc8c7n(C)c(=O)n8C7CCC(=O)NC7=O)CC6)c5)ccc4c23)C(=O)N1. The van der Waals surface area contributed by atoms with E-state index in [1.807, 2.05) is 67.6 Å². The van der Waals surface area contributed by atoms with Crippen LogP contribution < -0.4 is 31.7 Å². The molecule has 17 nitrogen and oxygen atoms in total. The Morgan fingerprint density at radius 2 is 1.60 bits per heavy atom. The van der Waals surface area contributed by atoms with E-state index in [2.05, 4.69) is 27.3 Å². The molecule has 5 heterocycles. The molecule has 18 heteroatoms. The first-order chi connectivity index (χ1) is 33.1. The zero-order valence-corrected chi connectivity index (χ0v) is 39.1. The second-order valence-electron chi connectivity index (χ2n) is 17.6. The predicted molar refractivity (Wildman–Crippen MR) is 258 cm³/mol. The summed E-state index contributed by atoms with van der Waals surface area (Å²) in [6.07, 6.45) is 4.36. The fourth-order valence-corrected chi connectivity index (χ4v) is 10.5. The average Bonchev–Trinajstić information content (AvgIpc) is 3.79. The summed E-state index contributed by atoms with van der Waals surface area (Å²) in [7, 11) is 1.69. The van der Waals surface area contributed by atoms with Crippen molar-refractivity contribution < 1.29 is 42.9 Å². The zero-order chi connectivity index (χ0) is 47.1. The van der Waals surface area contributed by atoms with Gasteiger partial charge in [-0.2, -0.15) is 0 Å². The minimum atomic E-state index is -0.728. The van der Waals surface area contributed by atoms with Crippen molar-refractivity contribution in [3.8, 4) is 17.0 Å². The van der Waals surface area contributed by atoms with Crippen LogP contribution in [-0.4, -0.2) is 115 Å². The van der Waals surface area contributed by atoms with Crippen LogP contribution >= 0.6 is 11.3 Å². The molecule has 2 atom stereocenters. The smallest absolute Gasteiger partial charge is 0.329 e. The van der Waals surface area contributed by atoms with Gasteiger partial charge in [0.15, 0.2) is 0 Å². The third-order valence-corrected chi connectivity index (χ3v) is 13.9. The van der Waals surface area contributed by atoms with Crippen LogP contribution in [0.2, 0.25) is 0 Å². The van der Waals surface area contributed by atoms with Crippen LogP contribution in [0.1, 0.15) is 66.7 Å². The first kappa shape index (κ1) is 46.9. The van der Waals surface area contributed by atoms with Crippen LogP contribution in [0.15, 0.2) is 71.5 Å². The van der Waals surface area contributed by atoms with Gasteiger partial charge in [-0.15, -0.1) is 11.3 Å². The van der Waals surface area contributed by atoms with E-state index >= 15 is 0 Å². The third-order valence-electron chi connectivity index (χ3n) is 12.7. The number of imide groups is 1. The highest BCUT2D eigenvalue weighted by Crippen LogP contribution is 2.41. The lowest BCUT2D eigenvalue weighted by Crippen LogP contribution is -2.44. The Morgan fingerprint density at radius 1 is 0.853 bits per heavy atom. The normalized spacial score (nSPS) is 19.6. The molecule has 4 N–H and O–H groups in total. The number of hydrogen-bond acceptors (Lipinski definition) is 13. The van der Waals surface area contributed by atoms with Crippen LogP contribution in [0, 0.1) is 0 Å². The standard InChI is InChI=1S/C50H57N7O10S/c1-30-28-51-45-44-36-13-14-37(54-38(36)15-17-41(44)68-47(45)49(61)52-30)32-6-3-7-35(27-32)67-34-11-9-33(10-12-34)53-43(59)29-66-26-25-65-24-23-64-22-21-63-20-19-31-5-4-8-39-46(31)56(2)50(62)57(39)40-16-18-42(58)55-48(40)60/h3-8,13-15,17,27,30,33-34,40,51H,9-12,16,18-26,28-29H2,1-2H3,(H,52,61)(H,53,59)(H,55,58,60)/t30-,33?,34?,40?/m1/s1. The van der Waals surface area contributed by atoms with E-state index in [1.54, 1.807) is 11.6 Å². The van der Waals surface area contributed by atoms with Crippen LogP contribution in [0.5, 0.6) is 5.75 Å². The molecular weight excluding hydrogens is 891 g/mol. The average molecular weight is 948 g/mol. The van der Waals surface area contributed by atoms with Crippen LogP contribution in [0.3, 0.4) is 0 Å². The summed E-state index contributed by atoms with van der Waals surface area (Å²) in [5.41, 5.74) is 5.57. The number of carbonyl (C=O) groups excluding carboxylic acids is 4. The van der Waals surface area contributed by atoms with Crippen molar-refractivity contribution in [1.29, 1.82) is 0 Å². The number of imidazole rings is 1. The van der Waals surface area contributed by atoms with Crippen molar-refractivity contribution in [3.63, 3.8) is 0 Å². The van der Waals surface area contributed by atoms with E-state index < -0.39 is 11.9 Å². The Kier molecular flexibility index (Phi) is 14.8. The molecule has 2 fully saturated rings. The number of para-hydroxylation sites is 1. The maximum Gasteiger partial charge on any atom is 0.329 e. The van der Waals surface area contributed by atoms with Gasteiger partial charge in [0.25, 0.3) is 5.91 Å². The largest absolute Gasteiger partial charge is 0.490 e. The molecule has 1 saturated carbocycles. The number of benzene rings is 3. The third kappa shape index (κ3) is 10.6. The Labute approximate surface area is 396 Å². The zero-order valence-electron chi connectivity index (χ0n) is 38.3. The van der Waals surface area contributed by atoms with Gasteiger partial charge in [-0.1, -0.05) is 24.3 Å². The summed E-state index contributed by atoms with van der Waals surface area (Å²) in [5.74, 6) is -0.189.